The average molecular weight is 534 g/mol. The molecule has 4 N–H and O–H groups in total. The minimum absolute atomic E-state index is 0.0770. The Balaban J connectivity index is 1.52. The third kappa shape index (κ3) is 6.17. The molecule has 37 heavy (non-hydrogen) atoms. The van der Waals surface area contributed by atoms with E-state index in [1.807, 2.05) is 54.6 Å². The molecule has 1 amide bonds. The highest BCUT2D eigenvalue weighted by molar-refractivity contribution is 6.32. The fraction of sp³-hybridized carbons (Fsp3) is 0.138. The Morgan fingerprint density at radius 3 is 2.38 bits per heavy atom. The summed E-state index contributed by atoms with van der Waals surface area (Å²) in [5, 5.41) is 16.0. The minimum atomic E-state index is -1.09. The number of phenols is 1. The van der Waals surface area contributed by atoms with Crippen LogP contribution in [-0.4, -0.2) is 28.6 Å². The third-order valence-corrected chi connectivity index (χ3v) is 6.80. The van der Waals surface area contributed by atoms with Crippen LogP contribution in [0.1, 0.15) is 34.0 Å². The molecule has 188 valence electrons. The van der Waals surface area contributed by atoms with Gasteiger partial charge in [-0.25, -0.2) is 5.43 Å². The monoisotopic (exact) mass is 533 g/mol. The zero-order valence-electron chi connectivity index (χ0n) is 20.0. The number of halogens is 2. The number of Topliss-reactive ketones (excluding diaryl/α,β-unsaturated/α-hetero) is 1. The van der Waals surface area contributed by atoms with Gasteiger partial charge in [-0.1, -0.05) is 77.8 Å². The predicted molar refractivity (Wildman–Crippen MR) is 149 cm³/mol. The normalized spacial score (nSPS) is 13.0. The van der Waals surface area contributed by atoms with Gasteiger partial charge in [-0.05, 0) is 59.5 Å². The van der Waals surface area contributed by atoms with Crippen LogP contribution < -0.4 is 11.2 Å². The molecular formula is C29H25Cl2N3O3. The maximum Gasteiger partial charge on any atom is 0.271 e. The van der Waals surface area contributed by atoms with Gasteiger partial charge in [0.05, 0.1) is 16.8 Å². The van der Waals surface area contributed by atoms with Gasteiger partial charge in [0.1, 0.15) is 5.75 Å². The Morgan fingerprint density at radius 1 is 0.946 bits per heavy atom. The van der Waals surface area contributed by atoms with Gasteiger partial charge in [0.15, 0.2) is 5.78 Å². The molecule has 4 rings (SSSR count). The Labute approximate surface area is 224 Å². The van der Waals surface area contributed by atoms with Crippen molar-refractivity contribution in [2.24, 2.45) is 10.8 Å². The molecule has 6 nitrogen and oxygen atoms in total. The molecule has 0 fully saturated rings. The summed E-state index contributed by atoms with van der Waals surface area (Å²) in [7, 11) is 0. The molecule has 0 aliphatic carbocycles. The molecule has 1 unspecified atom stereocenters. The second kappa shape index (κ2) is 11.1. The van der Waals surface area contributed by atoms with Crippen molar-refractivity contribution in [2.75, 3.05) is 0 Å². The zero-order valence-corrected chi connectivity index (χ0v) is 21.6. The van der Waals surface area contributed by atoms with Crippen molar-refractivity contribution in [3.8, 4) is 5.75 Å². The molecule has 1 atom stereocenters. The Morgan fingerprint density at radius 2 is 1.65 bits per heavy atom. The summed E-state index contributed by atoms with van der Waals surface area (Å²) in [6.45, 7) is 1.73. The van der Waals surface area contributed by atoms with E-state index in [2.05, 4.69) is 10.5 Å². The smallest absolute Gasteiger partial charge is 0.271 e. The topological polar surface area (TPSA) is 105 Å². The van der Waals surface area contributed by atoms with Crippen molar-refractivity contribution in [3.05, 3.63) is 111 Å². The Kier molecular flexibility index (Phi) is 7.93. The van der Waals surface area contributed by atoms with Crippen LogP contribution in [0.5, 0.6) is 5.75 Å². The van der Waals surface area contributed by atoms with E-state index in [9.17, 15) is 14.7 Å². The Hall–Kier alpha value is -3.71. The number of hydrogen-bond donors (Lipinski definition) is 3. The number of nitrogens with one attached hydrogen (secondary N) is 1. The number of fused-ring (bicyclic) bond motifs is 1. The first kappa shape index (κ1) is 26.4. The number of hydrogen-bond acceptors (Lipinski definition) is 5. The van der Waals surface area contributed by atoms with Gasteiger partial charge >= 0.3 is 0 Å². The van der Waals surface area contributed by atoms with E-state index in [0.29, 0.717) is 11.4 Å². The largest absolute Gasteiger partial charge is 0.506 e. The summed E-state index contributed by atoms with van der Waals surface area (Å²) in [6, 6.07) is 22.9. The average Bonchev–Trinajstić information content (AvgIpc) is 2.88. The summed E-state index contributed by atoms with van der Waals surface area (Å²) in [4.78, 5) is 25.6. The number of phenolic OH excluding ortho intramolecular Hbond substituents is 1. The van der Waals surface area contributed by atoms with Crippen LogP contribution in [0, 0.1) is 0 Å². The fourth-order valence-corrected chi connectivity index (χ4v) is 4.42. The van der Waals surface area contributed by atoms with Crippen LogP contribution >= 0.6 is 23.2 Å². The molecule has 0 radical (unpaired) electrons. The molecule has 0 saturated heterocycles. The SMILES string of the molecule is CC(N)(Cc1ccccc1Cl)C(=O)Cc1ccc(/C=N/NC(=O)c2ccc(O)c(Cl)c2)c2ccccc12. The molecule has 0 spiro atoms. The van der Waals surface area contributed by atoms with E-state index in [1.54, 1.807) is 13.0 Å². The molecule has 0 bridgehead atoms. The molecule has 8 heteroatoms. The Bertz CT molecular complexity index is 1520. The lowest BCUT2D eigenvalue weighted by atomic mass is 9.85. The summed E-state index contributed by atoms with van der Waals surface area (Å²) in [6.07, 6.45) is 2.03. The maximum absolute atomic E-state index is 13.2. The molecule has 4 aromatic rings. The van der Waals surface area contributed by atoms with E-state index in [0.717, 1.165) is 27.5 Å². The van der Waals surface area contributed by atoms with Crippen molar-refractivity contribution >= 4 is 51.9 Å². The van der Waals surface area contributed by atoms with Gasteiger partial charge in [0.2, 0.25) is 0 Å². The number of carbonyl (C=O) groups excluding carboxylic acids is 2. The quantitative estimate of drug-likeness (QED) is 0.200. The maximum atomic E-state index is 13.2. The van der Waals surface area contributed by atoms with Crippen molar-refractivity contribution < 1.29 is 14.7 Å². The van der Waals surface area contributed by atoms with Crippen LogP contribution in [0.25, 0.3) is 10.8 Å². The lowest BCUT2D eigenvalue weighted by Crippen LogP contribution is -2.47. The zero-order chi connectivity index (χ0) is 26.6. The van der Waals surface area contributed by atoms with E-state index in [-0.39, 0.29) is 28.5 Å². The lowest BCUT2D eigenvalue weighted by Gasteiger charge is -2.24. The fourth-order valence-electron chi connectivity index (χ4n) is 4.04. The number of nitrogens with two attached hydrogens (primary N) is 1. The van der Waals surface area contributed by atoms with E-state index in [1.165, 1.54) is 24.4 Å². The van der Waals surface area contributed by atoms with Gasteiger partial charge < -0.3 is 10.8 Å². The first-order valence-electron chi connectivity index (χ1n) is 11.5. The van der Waals surface area contributed by atoms with Crippen molar-refractivity contribution in [1.29, 1.82) is 0 Å². The predicted octanol–water partition coefficient (Wildman–Crippen LogP) is 5.69. The van der Waals surface area contributed by atoms with Gasteiger partial charge in [0, 0.05) is 22.6 Å². The number of carbonyl (C=O) groups is 2. The van der Waals surface area contributed by atoms with Crippen LogP contribution in [-0.2, 0) is 17.6 Å². The number of aromatic hydroxyl groups is 1. The molecule has 0 aliphatic heterocycles. The summed E-state index contributed by atoms with van der Waals surface area (Å²) in [5.41, 5.74) is 10.5. The van der Waals surface area contributed by atoms with Crippen LogP contribution in [0.15, 0.2) is 84.0 Å². The van der Waals surface area contributed by atoms with Gasteiger partial charge in [-0.15, -0.1) is 0 Å². The molecule has 0 aromatic heterocycles. The van der Waals surface area contributed by atoms with Gasteiger partial charge in [-0.3, -0.25) is 9.59 Å². The van der Waals surface area contributed by atoms with Crippen molar-refractivity contribution in [1.82, 2.24) is 5.43 Å². The molecular weight excluding hydrogens is 509 g/mol. The minimum Gasteiger partial charge on any atom is -0.506 e. The number of nitrogens with zero attached hydrogens (tertiary/aromatic N) is 1. The third-order valence-electron chi connectivity index (χ3n) is 6.13. The number of benzene rings is 4. The number of hydrazone groups is 1. The molecule has 0 aliphatic rings. The van der Waals surface area contributed by atoms with Gasteiger partial charge in [0.25, 0.3) is 5.91 Å². The van der Waals surface area contributed by atoms with Gasteiger partial charge in [-0.2, -0.15) is 5.10 Å². The van der Waals surface area contributed by atoms with Crippen LogP contribution in [0.3, 0.4) is 0 Å². The van der Waals surface area contributed by atoms with Crippen molar-refractivity contribution in [2.45, 2.75) is 25.3 Å². The number of amides is 1. The standard InChI is InChI=1S/C29H25Cl2N3O3/c1-29(32,16-20-6-2-5-9-24(20)30)27(36)15-18-10-11-21(23-8-4-3-7-22(18)23)17-33-34-28(37)19-12-13-26(35)25(31)14-19/h2-14,17,35H,15-16,32H2,1H3,(H,34,37)/b33-17+. The second-order valence-electron chi connectivity index (χ2n) is 9.01. The molecule has 0 heterocycles. The second-order valence-corrected chi connectivity index (χ2v) is 9.82. The molecule has 0 saturated carbocycles. The highest BCUT2D eigenvalue weighted by Crippen LogP contribution is 2.26. The van der Waals surface area contributed by atoms with Crippen molar-refractivity contribution in [3.63, 3.8) is 0 Å². The number of rotatable bonds is 8. The highest BCUT2D eigenvalue weighted by Gasteiger charge is 2.29. The highest BCUT2D eigenvalue weighted by atomic mass is 35.5. The van der Waals surface area contributed by atoms with Crippen LogP contribution in [0.2, 0.25) is 10.0 Å². The van der Waals surface area contributed by atoms with Crippen LogP contribution in [0.4, 0.5) is 0 Å². The molecule has 4 aromatic carbocycles. The first-order valence-corrected chi connectivity index (χ1v) is 12.3. The first-order chi connectivity index (χ1) is 17.7. The van der Waals surface area contributed by atoms with E-state index >= 15 is 0 Å². The number of ketones is 1. The summed E-state index contributed by atoms with van der Waals surface area (Å²) in [5.74, 6) is -0.671. The lowest BCUT2D eigenvalue weighted by molar-refractivity contribution is -0.122. The summed E-state index contributed by atoms with van der Waals surface area (Å²) >= 11 is 12.2. The van der Waals surface area contributed by atoms with E-state index in [4.69, 9.17) is 28.9 Å². The van der Waals surface area contributed by atoms with E-state index < -0.39 is 11.4 Å². The summed E-state index contributed by atoms with van der Waals surface area (Å²) < 4.78 is 0.